The lowest BCUT2D eigenvalue weighted by atomic mass is 9.97. The van der Waals surface area contributed by atoms with Crippen molar-refractivity contribution in [3.63, 3.8) is 0 Å². The Morgan fingerprint density at radius 3 is 2.37 bits per heavy atom. The first-order chi connectivity index (χ1) is 19.8. The molecule has 1 aromatic carbocycles. The van der Waals surface area contributed by atoms with Gasteiger partial charge < -0.3 is 34.2 Å². The number of aromatic amines is 1. The molecule has 6 atom stereocenters. The van der Waals surface area contributed by atoms with Gasteiger partial charge in [0.25, 0.3) is 11.2 Å². The van der Waals surface area contributed by atoms with E-state index in [4.69, 9.17) is 19.3 Å². The van der Waals surface area contributed by atoms with E-state index in [0.717, 1.165) is 10.8 Å². The zero-order chi connectivity index (χ0) is 32.3. The third-order valence-electron chi connectivity index (χ3n) is 5.84. The quantitative estimate of drug-likeness (QED) is 0.0935. The Morgan fingerprint density at radius 2 is 1.77 bits per heavy atom. The van der Waals surface area contributed by atoms with E-state index in [0.29, 0.717) is 0 Å². The third kappa shape index (κ3) is 9.79. The molecule has 3 rings (SSSR count). The Kier molecular flexibility index (Phi) is 11.2. The minimum atomic E-state index is -5.77. The largest absolute Gasteiger partial charge is 0.490 e. The summed E-state index contributed by atoms with van der Waals surface area (Å²) in [6, 6.07) is 5.91. The molecule has 0 amide bonds. The first-order valence-corrected chi connectivity index (χ1v) is 16.6. The molecule has 240 valence electrons. The van der Waals surface area contributed by atoms with E-state index in [2.05, 4.69) is 18.1 Å². The Morgan fingerprint density at radius 1 is 1.12 bits per heavy atom. The number of aliphatic hydroxyl groups is 1. The predicted molar refractivity (Wildman–Crippen MR) is 141 cm³/mol. The number of benzene rings is 1. The van der Waals surface area contributed by atoms with Gasteiger partial charge in [-0.2, -0.15) is 8.62 Å². The Hall–Kier alpha value is -2.41. The predicted octanol–water partition coefficient (Wildman–Crippen LogP) is 1.35. The van der Waals surface area contributed by atoms with Crippen LogP contribution in [0.2, 0.25) is 0 Å². The molecule has 0 aliphatic carbocycles. The first-order valence-electron chi connectivity index (χ1n) is 12.1. The van der Waals surface area contributed by atoms with E-state index in [9.17, 15) is 48.3 Å². The molecule has 43 heavy (non-hydrogen) atoms. The molecule has 0 radical (unpaired) electrons. The van der Waals surface area contributed by atoms with E-state index in [1.54, 1.807) is 19.9 Å². The summed E-state index contributed by atoms with van der Waals surface area (Å²) in [5, 5.41) is 21.8. The highest BCUT2D eigenvalue weighted by molar-refractivity contribution is 7.66. The monoisotopic (exact) mass is 675 g/mol. The molecule has 23 heteroatoms. The lowest BCUT2D eigenvalue weighted by Crippen LogP contribution is -2.34. The molecule has 1 saturated heterocycles. The summed E-state index contributed by atoms with van der Waals surface area (Å²) in [5.74, 6) is -0.269. The van der Waals surface area contributed by atoms with Gasteiger partial charge in [0.05, 0.1) is 41.5 Å². The van der Waals surface area contributed by atoms with Crippen LogP contribution in [-0.2, 0) is 42.9 Å². The lowest BCUT2D eigenvalue weighted by Gasteiger charge is -2.22. The number of H-pyrrole nitrogens is 1. The number of aromatic nitrogens is 2. The van der Waals surface area contributed by atoms with Crippen molar-refractivity contribution in [2.45, 2.75) is 51.4 Å². The van der Waals surface area contributed by atoms with Crippen molar-refractivity contribution in [3.8, 4) is 0 Å². The topological polar surface area (TPSA) is 297 Å². The standard InChI is InChI=1S/C20H28N3O17P3/c1-11(2)18(13-5-3-4-6-14(13)23(27)28)36-9-12-8-22(20(26)21-19(12)25)17-7-15(24)16(38-17)10-37-42(32,33)40-43(34,35)39-41(29,30)31/h3-6,8,11,15-18,24H,7,9-10H2,1-2H3,(H,32,33)(H,34,35)(H,21,25,26)(H2,29,30,31)/t15-,16-,17-,18+/m1/s1. The molecule has 20 nitrogen and oxygen atoms in total. The molecule has 6 N–H and O–H groups in total. The van der Waals surface area contributed by atoms with Crippen LogP contribution in [0, 0.1) is 16.0 Å². The number of phosphoric ester groups is 1. The van der Waals surface area contributed by atoms with E-state index in [1.807, 2.05) is 0 Å². The number of nitrogens with zero attached hydrogens (tertiary/aromatic N) is 2. The number of hydrogen-bond donors (Lipinski definition) is 6. The molecule has 2 heterocycles. The summed E-state index contributed by atoms with van der Waals surface area (Å²) in [4.78, 5) is 74.0. The van der Waals surface area contributed by atoms with Crippen LogP contribution in [0.3, 0.4) is 0 Å². The van der Waals surface area contributed by atoms with E-state index in [-0.39, 0.29) is 29.2 Å². The van der Waals surface area contributed by atoms with E-state index >= 15 is 0 Å². The molecule has 1 aromatic heterocycles. The van der Waals surface area contributed by atoms with Crippen LogP contribution >= 0.6 is 23.5 Å². The smallest absolute Gasteiger partial charge is 0.390 e. The van der Waals surface area contributed by atoms with Gasteiger partial charge in [-0.1, -0.05) is 26.0 Å². The van der Waals surface area contributed by atoms with Crippen molar-refractivity contribution in [2.75, 3.05) is 6.61 Å². The molecule has 1 fully saturated rings. The molecular formula is C20H28N3O17P3. The van der Waals surface area contributed by atoms with Crippen molar-refractivity contribution in [2.24, 2.45) is 5.92 Å². The fourth-order valence-corrected chi connectivity index (χ4v) is 7.10. The highest BCUT2D eigenvalue weighted by Crippen LogP contribution is 2.66. The van der Waals surface area contributed by atoms with Crippen molar-refractivity contribution in [1.29, 1.82) is 0 Å². The SMILES string of the molecule is CC(C)[C@H](OCc1cn([C@H]2C[C@@H](O)[C@@H](COP(=O)(O)OP(=O)(O)OP(=O)(O)O)O2)c(=O)[nH]c1=O)c1ccccc1[N+](=O)[O-]. The highest BCUT2D eigenvalue weighted by Gasteiger charge is 2.43. The van der Waals surface area contributed by atoms with Crippen LogP contribution in [0.25, 0.3) is 0 Å². The van der Waals surface area contributed by atoms with Gasteiger partial charge in [0, 0.05) is 18.7 Å². The van der Waals surface area contributed by atoms with Crippen molar-refractivity contribution in [3.05, 3.63) is 72.5 Å². The Bertz CT molecular complexity index is 1590. The second-order valence-electron chi connectivity index (χ2n) is 9.43. The fraction of sp³-hybridized carbons (Fsp3) is 0.500. The zero-order valence-corrected chi connectivity index (χ0v) is 24.9. The van der Waals surface area contributed by atoms with E-state index in [1.165, 1.54) is 18.2 Å². The summed E-state index contributed by atoms with van der Waals surface area (Å²) in [6.45, 7) is 2.14. The number of ether oxygens (including phenoxy) is 2. The summed E-state index contributed by atoms with van der Waals surface area (Å²) >= 11 is 0. The average molecular weight is 675 g/mol. The maximum atomic E-state index is 12.5. The minimum Gasteiger partial charge on any atom is -0.390 e. The molecule has 0 bridgehead atoms. The van der Waals surface area contributed by atoms with Gasteiger partial charge in [0.2, 0.25) is 0 Å². The van der Waals surface area contributed by atoms with Crippen LogP contribution in [-0.4, -0.2) is 58.0 Å². The Balaban J connectivity index is 1.73. The number of nitro groups is 1. The van der Waals surface area contributed by atoms with Crippen molar-refractivity contribution < 1.29 is 65.9 Å². The van der Waals surface area contributed by atoms with Gasteiger partial charge in [-0.25, -0.2) is 18.5 Å². The van der Waals surface area contributed by atoms with Gasteiger partial charge in [0.1, 0.15) is 12.3 Å². The van der Waals surface area contributed by atoms with Crippen LogP contribution < -0.4 is 11.2 Å². The second kappa shape index (κ2) is 13.7. The molecular weight excluding hydrogens is 647 g/mol. The van der Waals surface area contributed by atoms with Crippen LogP contribution in [0.4, 0.5) is 5.69 Å². The molecule has 2 aromatic rings. The number of para-hydroxylation sites is 1. The number of nitro benzene ring substituents is 1. The number of phosphoric acid groups is 3. The van der Waals surface area contributed by atoms with Crippen molar-refractivity contribution >= 4 is 29.2 Å². The molecule has 0 saturated carbocycles. The Labute approximate surface area is 241 Å². The highest BCUT2D eigenvalue weighted by atomic mass is 31.3. The maximum Gasteiger partial charge on any atom is 0.490 e. The van der Waals surface area contributed by atoms with E-state index < -0.39 is 77.4 Å². The van der Waals surface area contributed by atoms with Gasteiger partial charge in [-0.05, 0) is 12.0 Å². The number of aliphatic hydroxyl groups excluding tert-OH is 1. The lowest BCUT2D eigenvalue weighted by molar-refractivity contribution is -0.386. The first kappa shape index (κ1) is 35.1. The number of rotatable bonds is 14. The average Bonchev–Trinajstić information content (AvgIpc) is 3.22. The molecule has 1 aliphatic rings. The summed E-state index contributed by atoms with van der Waals surface area (Å²) in [7, 11) is -16.9. The van der Waals surface area contributed by atoms with Gasteiger partial charge in [0.15, 0.2) is 0 Å². The molecule has 2 unspecified atom stereocenters. The van der Waals surface area contributed by atoms with Crippen molar-refractivity contribution in [1.82, 2.24) is 9.55 Å². The number of hydrogen-bond acceptors (Lipinski definition) is 13. The van der Waals surface area contributed by atoms with Crippen LogP contribution in [0.1, 0.15) is 43.7 Å². The fourth-order valence-electron chi connectivity index (χ4n) is 4.07. The maximum absolute atomic E-state index is 12.5. The molecule has 1 aliphatic heterocycles. The summed E-state index contributed by atoms with van der Waals surface area (Å²) < 4.78 is 58.1. The van der Waals surface area contributed by atoms with Crippen LogP contribution in [0.5, 0.6) is 0 Å². The summed E-state index contributed by atoms with van der Waals surface area (Å²) in [6.07, 6.45) is -4.17. The number of nitrogens with one attached hydrogen (secondary N) is 1. The molecule has 0 spiro atoms. The second-order valence-corrected chi connectivity index (χ2v) is 13.9. The third-order valence-corrected chi connectivity index (χ3v) is 9.64. The van der Waals surface area contributed by atoms with Gasteiger partial charge in [-0.15, -0.1) is 0 Å². The van der Waals surface area contributed by atoms with Gasteiger partial charge >= 0.3 is 29.2 Å². The normalized spacial score (nSPS) is 22.7. The minimum absolute atomic E-state index is 0.0846. The zero-order valence-electron chi connectivity index (χ0n) is 22.3. The van der Waals surface area contributed by atoms with Gasteiger partial charge in [-0.3, -0.25) is 29.0 Å². The summed E-state index contributed by atoms with van der Waals surface area (Å²) in [5.41, 5.74) is -1.78. The van der Waals surface area contributed by atoms with Crippen LogP contribution in [0.15, 0.2) is 40.1 Å².